The van der Waals surface area contributed by atoms with Gasteiger partial charge in [-0.2, -0.15) is 0 Å². The van der Waals surface area contributed by atoms with Crippen LogP contribution in [0.5, 0.6) is 0 Å². The molecule has 92 valence electrons. The number of nitrogens with one attached hydrogen (secondary N) is 1. The number of rotatable bonds is 8. The molecule has 0 saturated heterocycles. The summed E-state index contributed by atoms with van der Waals surface area (Å²) in [5, 5.41) is 2.12. The lowest BCUT2D eigenvalue weighted by molar-refractivity contribution is 0.359. The highest BCUT2D eigenvalue weighted by atomic mass is 32.1. The van der Waals surface area contributed by atoms with Crippen molar-refractivity contribution < 1.29 is 0 Å². The summed E-state index contributed by atoms with van der Waals surface area (Å²) in [6, 6.07) is 4.60. The number of thiophene rings is 1. The molecule has 0 amide bonds. The first kappa shape index (κ1) is 13.7. The predicted molar refractivity (Wildman–Crippen MR) is 72.3 cm³/mol. The summed E-state index contributed by atoms with van der Waals surface area (Å²) in [6.07, 6.45) is 6.37. The minimum Gasteiger partial charge on any atom is -0.271 e. The van der Waals surface area contributed by atoms with Crippen LogP contribution >= 0.6 is 11.3 Å². The van der Waals surface area contributed by atoms with Gasteiger partial charge in [-0.05, 0) is 23.8 Å². The smallest absolute Gasteiger partial charge is 0.0555 e. The van der Waals surface area contributed by atoms with Crippen LogP contribution in [-0.4, -0.2) is 0 Å². The first-order valence-electron chi connectivity index (χ1n) is 6.31. The van der Waals surface area contributed by atoms with E-state index in [4.69, 9.17) is 5.84 Å². The third-order valence-electron chi connectivity index (χ3n) is 3.20. The third kappa shape index (κ3) is 4.24. The highest BCUT2D eigenvalue weighted by molar-refractivity contribution is 7.10. The molecule has 0 radical (unpaired) electrons. The molecule has 2 atom stereocenters. The van der Waals surface area contributed by atoms with E-state index in [0.29, 0.717) is 6.04 Å². The Kier molecular flexibility index (Phi) is 6.69. The van der Waals surface area contributed by atoms with E-state index in [1.807, 2.05) is 0 Å². The van der Waals surface area contributed by atoms with Crippen LogP contribution < -0.4 is 11.3 Å². The summed E-state index contributed by atoms with van der Waals surface area (Å²) < 4.78 is 0. The van der Waals surface area contributed by atoms with E-state index < -0.39 is 0 Å². The first-order chi connectivity index (χ1) is 7.81. The minimum absolute atomic E-state index is 0.335. The normalized spacial score (nSPS) is 14.9. The van der Waals surface area contributed by atoms with Gasteiger partial charge in [-0.1, -0.05) is 45.6 Å². The van der Waals surface area contributed by atoms with E-state index in [9.17, 15) is 0 Å². The van der Waals surface area contributed by atoms with Crippen LogP contribution in [0.2, 0.25) is 0 Å². The fourth-order valence-corrected chi connectivity index (χ4v) is 2.87. The van der Waals surface area contributed by atoms with Crippen molar-refractivity contribution in [3.8, 4) is 0 Å². The lowest BCUT2D eigenvalue weighted by atomic mass is 9.92. The van der Waals surface area contributed by atoms with Gasteiger partial charge >= 0.3 is 0 Å². The van der Waals surface area contributed by atoms with E-state index in [2.05, 4.69) is 36.8 Å². The third-order valence-corrected chi connectivity index (χ3v) is 4.19. The van der Waals surface area contributed by atoms with E-state index in [1.165, 1.54) is 30.6 Å². The van der Waals surface area contributed by atoms with Crippen molar-refractivity contribution in [1.82, 2.24) is 5.43 Å². The Bertz CT molecular complexity index is 259. The fraction of sp³-hybridized carbons (Fsp3) is 0.692. The van der Waals surface area contributed by atoms with Gasteiger partial charge in [0.25, 0.3) is 0 Å². The molecule has 0 aliphatic heterocycles. The highest BCUT2D eigenvalue weighted by Crippen LogP contribution is 2.28. The lowest BCUT2D eigenvalue weighted by Crippen LogP contribution is -2.29. The van der Waals surface area contributed by atoms with Crippen molar-refractivity contribution in [3.05, 3.63) is 22.4 Å². The average Bonchev–Trinajstić information content (AvgIpc) is 2.83. The molecule has 0 saturated carbocycles. The van der Waals surface area contributed by atoms with Crippen LogP contribution in [0, 0.1) is 5.92 Å². The molecule has 2 unspecified atom stereocenters. The number of hydrogen-bond donors (Lipinski definition) is 2. The second kappa shape index (κ2) is 7.82. The van der Waals surface area contributed by atoms with Gasteiger partial charge < -0.3 is 0 Å². The van der Waals surface area contributed by atoms with Gasteiger partial charge in [0.1, 0.15) is 0 Å². The molecule has 0 spiro atoms. The van der Waals surface area contributed by atoms with Gasteiger partial charge in [-0.25, -0.2) is 0 Å². The van der Waals surface area contributed by atoms with Gasteiger partial charge in [-0.3, -0.25) is 11.3 Å². The monoisotopic (exact) mass is 240 g/mol. The molecule has 1 aromatic heterocycles. The second-order valence-electron chi connectivity index (χ2n) is 4.39. The van der Waals surface area contributed by atoms with E-state index in [0.717, 1.165) is 12.3 Å². The molecule has 1 heterocycles. The molecule has 16 heavy (non-hydrogen) atoms. The Hall–Kier alpha value is -0.380. The topological polar surface area (TPSA) is 38.0 Å². The molecule has 0 aliphatic carbocycles. The van der Waals surface area contributed by atoms with Crippen LogP contribution in [0.15, 0.2) is 17.5 Å². The molecule has 1 rings (SSSR count). The maximum atomic E-state index is 5.65. The summed E-state index contributed by atoms with van der Waals surface area (Å²) in [4.78, 5) is 1.36. The summed E-state index contributed by atoms with van der Waals surface area (Å²) in [5.41, 5.74) is 2.96. The number of nitrogens with two attached hydrogens (primary N) is 1. The Labute approximate surface area is 103 Å². The van der Waals surface area contributed by atoms with Crippen LogP contribution in [0.1, 0.15) is 56.9 Å². The largest absolute Gasteiger partial charge is 0.271 e. The average molecular weight is 240 g/mol. The molecular weight excluding hydrogens is 216 g/mol. The number of hydrazine groups is 1. The van der Waals surface area contributed by atoms with Gasteiger partial charge in [-0.15, -0.1) is 11.3 Å². The van der Waals surface area contributed by atoms with Gasteiger partial charge in [0.2, 0.25) is 0 Å². The van der Waals surface area contributed by atoms with Crippen molar-refractivity contribution in [3.63, 3.8) is 0 Å². The Morgan fingerprint density at radius 2 is 2.25 bits per heavy atom. The van der Waals surface area contributed by atoms with Crippen LogP contribution in [0.4, 0.5) is 0 Å². The summed E-state index contributed by atoms with van der Waals surface area (Å²) in [5.74, 6) is 6.45. The SMILES string of the molecule is CCCCC(CC)CC(NN)c1cccs1. The molecule has 0 bridgehead atoms. The Morgan fingerprint density at radius 1 is 1.44 bits per heavy atom. The predicted octanol–water partition coefficient (Wildman–Crippen LogP) is 3.86. The standard InChI is InChI=1S/C13H24N2S/c1-3-5-7-11(4-2)10-12(15-14)13-8-6-9-16-13/h6,8-9,11-12,15H,3-5,7,10,14H2,1-2H3. The highest BCUT2D eigenvalue weighted by Gasteiger charge is 2.16. The van der Waals surface area contributed by atoms with Crippen LogP contribution in [0.25, 0.3) is 0 Å². The van der Waals surface area contributed by atoms with Gasteiger partial charge in [0, 0.05) is 4.88 Å². The molecule has 0 fully saturated rings. The molecule has 3 heteroatoms. The van der Waals surface area contributed by atoms with Crippen molar-refractivity contribution in [2.75, 3.05) is 0 Å². The maximum absolute atomic E-state index is 5.65. The molecule has 1 aromatic rings. The summed E-state index contributed by atoms with van der Waals surface area (Å²) in [6.45, 7) is 4.53. The molecule has 0 aliphatic rings. The molecular formula is C13H24N2S. The van der Waals surface area contributed by atoms with Crippen molar-refractivity contribution in [2.24, 2.45) is 11.8 Å². The van der Waals surface area contributed by atoms with Crippen molar-refractivity contribution in [1.29, 1.82) is 0 Å². The van der Waals surface area contributed by atoms with E-state index in [1.54, 1.807) is 11.3 Å². The van der Waals surface area contributed by atoms with Crippen molar-refractivity contribution >= 4 is 11.3 Å². The lowest BCUT2D eigenvalue weighted by Gasteiger charge is -2.21. The zero-order valence-electron chi connectivity index (χ0n) is 10.4. The zero-order valence-corrected chi connectivity index (χ0v) is 11.2. The molecule has 3 N–H and O–H groups in total. The van der Waals surface area contributed by atoms with E-state index >= 15 is 0 Å². The number of unbranched alkanes of at least 4 members (excludes halogenated alkanes) is 1. The quantitative estimate of drug-likeness (QED) is 0.535. The Morgan fingerprint density at radius 3 is 2.75 bits per heavy atom. The van der Waals surface area contributed by atoms with Crippen LogP contribution in [0.3, 0.4) is 0 Å². The molecule has 0 aromatic carbocycles. The fourth-order valence-electron chi connectivity index (χ4n) is 2.07. The van der Waals surface area contributed by atoms with Gasteiger partial charge in [0.15, 0.2) is 0 Å². The maximum Gasteiger partial charge on any atom is 0.0555 e. The summed E-state index contributed by atoms with van der Waals surface area (Å²) in [7, 11) is 0. The second-order valence-corrected chi connectivity index (χ2v) is 5.37. The number of hydrogen-bond acceptors (Lipinski definition) is 3. The first-order valence-corrected chi connectivity index (χ1v) is 7.19. The minimum atomic E-state index is 0.335. The van der Waals surface area contributed by atoms with E-state index in [-0.39, 0.29) is 0 Å². The van der Waals surface area contributed by atoms with Crippen LogP contribution in [-0.2, 0) is 0 Å². The summed E-state index contributed by atoms with van der Waals surface area (Å²) >= 11 is 1.79. The molecule has 2 nitrogen and oxygen atoms in total. The Balaban J connectivity index is 2.47. The van der Waals surface area contributed by atoms with Gasteiger partial charge in [0.05, 0.1) is 6.04 Å². The zero-order chi connectivity index (χ0) is 11.8. The van der Waals surface area contributed by atoms with Crippen molar-refractivity contribution in [2.45, 2.75) is 52.0 Å².